The molecular weight excluding hydrogens is 321 g/mol. The van der Waals surface area contributed by atoms with Crippen LogP contribution in [0.3, 0.4) is 0 Å². The fourth-order valence-corrected chi connectivity index (χ4v) is 3.19. The van der Waals surface area contributed by atoms with Crippen LogP contribution in [0.25, 0.3) is 16.7 Å². The first-order valence-corrected chi connectivity index (χ1v) is 8.07. The number of carbonyl (C=O) groups is 1. The number of halogens is 1. The van der Waals surface area contributed by atoms with Gasteiger partial charge >= 0.3 is 5.69 Å². The fourth-order valence-electron chi connectivity index (χ4n) is 3.19. The summed E-state index contributed by atoms with van der Waals surface area (Å²) in [7, 11) is 0. The van der Waals surface area contributed by atoms with Gasteiger partial charge in [0.1, 0.15) is 5.82 Å². The molecule has 25 heavy (non-hydrogen) atoms. The van der Waals surface area contributed by atoms with E-state index in [-0.39, 0.29) is 11.6 Å². The van der Waals surface area contributed by atoms with Crippen LogP contribution in [0, 0.1) is 5.82 Å². The molecule has 3 aromatic rings. The van der Waals surface area contributed by atoms with Crippen molar-refractivity contribution < 1.29 is 9.18 Å². The maximum Gasteiger partial charge on any atom is 0.330 e. The molecule has 0 saturated carbocycles. The Morgan fingerprint density at radius 3 is 2.72 bits per heavy atom. The maximum absolute atomic E-state index is 13.3. The monoisotopic (exact) mass is 337 g/mol. The summed E-state index contributed by atoms with van der Waals surface area (Å²) in [6, 6.07) is 13.2. The highest BCUT2D eigenvalue weighted by Crippen LogP contribution is 2.21. The molecule has 2 aromatic carbocycles. The van der Waals surface area contributed by atoms with Gasteiger partial charge in [-0.05, 0) is 36.4 Å². The van der Waals surface area contributed by atoms with E-state index in [4.69, 9.17) is 0 Å². The Labute approximate surface area is 143 Å². The van der Waals surface area contributed by atoms with Crippen LogP contribution in [0.5, 0.6) is 0 Å². The van der Waals surface area contributed by atoms with Crippen molar-refractivity contribution in [1.29, 1.82) is 0 Å². The number of aromatic nitrogens is 2. The van der Waals surface area contributed by atoms with Gasteiger partial charge in [-0.1, -0.05) is 18.2 Å². The molecular formula is C19H16FN3O2. The maximum atomic E-state index is 13.3. The van der Waals surface area contributed by atoms with E-state index in [1.165, 1.54) is 18.2 Å². The molecule has 6 heteroatoms. The van der Waals surface area contributed by atoms with Gasteiger partial charge in [-0.2, -0.15) is 0 Å². The van der Waals surface area contributed by atoms with E-state index in [1.54, 1.807) is 15.5 Å². The van der Waals surface area contributed by atoms with Gasteiger partial charge in [-0.15, -0.1) is 0 Å². The second kappa shape index (κ2) is 6.05. The summed E-state index contributed by atoms with van der Waals surface area (Å²) in [6.45, 7) is 0.865. The van der Waals surface area contributed by atoms with Crippen LogP contribution in [0.15, 0.2) is 59.4 Å². The van der Waals surface area contributed by atoms with Gasteiger partial charge in [0.05, 0.1) is 11.0 Å². The second-order valence-electron chi connectivity index (χ2n) is 5.99. The number of amides is 1. The topological polar surface area (TPSA) is 58.1 Å². The SMILES string of the molecule is O=C(c1cccc(F)c1)N1CC=C(n2c(=O)[nH]c3ccccc32)CC1. The number of H-pyrrole nitrogens is 1. The Balaban J connectivity index is 1.61. The summed E-state index contributed by atoms with van der Waals surface area (Å²) >= 11 is 0. The quantitative estimate of drug-likeness (QED) is 0.782. The molecule has 1 aliphatic heterocycles. The van der Waals surface area contributed by atoms with E-state index in [0.717, 1.165) is 16.7 Å². The molecule has 1 N–H and O–H groups in total. The first kappa shape index (κ1) is 15.4. The molecule has 1 aromatic heterocycles. The summed E-state index contributed by atoms with van der Waals surface area (Å²) in [5.74, 6) is -0.634. The average Bonchev–Trinajstić information content (AvgIpc) is 2.97. The van der Waals surface area contributed by atoms with Crippen molar-refractivity contribution in [3.63, 3.8) is 0 Å². The van der Waals surface area contributed by atoms with E-state index in [2.05, 4.69) is 4.98 Å². The van der Waals surface area contributed by atoms with Crippen LogP contribution in [-0.2, 0) is 0 Å². The standard InChI is InChI=1S/C19H16FN3O2/c20-14-5-3-4-13(12-14)18(24)22-10-8-15(9-11-22)23-17-7-2-1-6-16(17)21-19(23)25/h1-8,12H,9-11H2,(H,21,25). The Kier molecular flexibility index (Phi) is 3.72. The second-order valence-corrected chi connectivity index (χ2v) is 5.99. The van der Waals surface area contributed by atoms with Gasteiger partial charge in [0.2, 0.25) is 0 Å². The van der Waals surface area contributed by atoms with Gasteiger partial charge in [0, 0.05) is 30.8 Å². The van der Waals surface area contributed by atoms with Gasteiger partial charge < -0.3 is 9.88 Å². The number of carbonyl (C=O) groups excluding carboxylic acids is 1. The molecule has 0 unspecified atom stereocenters. The summed E-state index contributed by atoms with van der Waals surface area (Å²) < 4.78 is 15.0. The van der Waals surface area contributed by atoms with Crippen molar-refractivity contribution in [3.05, 3.63) is 76.5 Å². The van der Waals surface area contributed by atoms with Crippen molar-refractivity contribution in [2.24, 2.45) is 0 Å². The average molecular weight is 337 g/mol. The lowest BCUT2D eigenvalue weighted by atomic mass is 10.1. The van der Waals surface area contributed by atoms with Gasteiger partial charge in [-0.3, -0.25) is 9.36 Å². The number of benzene rings is 2. The highest BCUT2D eigenvalue weighted by Gasteiger charge is 2.21. The smallest absolute Gasteiger partial charge is 0.330 e. The summed E-state index contributed by atoms with van der Waals surface area (Å²) in [5, 5.41) is 0. The molecule has 0 spiro atoms. The van der Waals surface area contributed by atoms with Crippen LogP contribution in [0.1, 0.15) is 16.8 Å². The Morgan fingerprint density at radius 2 is 1.96 bits per heavy atom. The molecule has 0 aliphatic carbocycles. The van der Waals surface area contributed by atoms with Gasteiger partial charge in [-0.25, -0.2) is 9.18 Å². The van der Waals surface area contributed by atoms with Crippen LogP contribution in [0.4, 0.5) is 4.39 Å². The number of aromatic amines is 1. The zero-order chi connectivity index (χ0) is 17.4. The highest BCUT2D eigenvalue weighted by molar-refractivity contribution is 5.94. The van der Waals surface area contributed by atoms with Crippen molar-refractivity contribution >= 4 is 22.6 Å². The van der Waals surface area contributed by atoms with E-state index in [1.807, 2.05) is 30.3 Å². The number of para-hydroxylation sites is 2. The molecule has 0 bridgehead atoms. The van der Waals surface area contributed by atoms with Crippen LogP contribution in [-0.4, -0.2) is 33.4 Å². The minimum atomic E-state index is -0.426. The molecule has 0 atom stereocenters. The van der Waals surface area contributed by atoms with E-state index in [0.29, 0.717) is 25.1 Å². The van der Waals surface area contributed by atoms with Crippen molar-refractivity contribution in [2.45, 2.75) is 6.42 Å². The number of fused-ring (bicyclic) bond motifs is 1. The first-order chi connectivity index (χ1) is 12.1. The van der Waals surface area contributed by atoms with Crippen LogP contribution in [0.2, 0.25) is 0 Å². The number of rotatable bonds is 2. The fraction of sp³-hybridized carbons (Fsp3) is 0.158. The number of hydrogen-bond donors (Lipinski definition) is 1. The third-order valence-electron chi connectivity index (χ3n) is 4.42. The Hall–Kier alpha value is -3.15. The van der Waals surface area contributed by atoms with Crippen LogP contribution >= 0.6 is 0 Å². The van der Waals surface area contributed by atoms with E-state index < -0.39 is 5.82 Å². The lowest BCUT2D eigenvalue weighted by Crippen LogP contribution is -2.36. The molecule has 126 valence electrons. The summed E-state index contributed by atoms with van der Waals surface area (Å²) in [6.07, 6.45) is 2.44. The largest absolute Gasteiger partial charge is 0.334 e. The van der Waals surface area contributed by atoms with E-state index in [9.17, 15) is 14.0 Å². The van der Waals surface area contributed by atoms with Gasteiger partial charge in [0.25, 0.3) is 5.91 Å². The molecule has 0 fully saturated rings. The third kappa shape index (κ3) is 2.76. The Morgan fingerprint density at radius 1 is 1.12 bits per heavy atom. The molecule has 5 nitrogen and oxygen atoms in total. The molecule has 0 radical (unpaired) electrons. The predicted molar refractivity (Wildman–Crippen MR) is 93.8 cm³/mol. The lowest BCUT2D eigenvalue weighted by molar-refractivity contribution is 0.0771. The lowest BCUT2D eigenvalue weighted by Gasteiger charge is -2.26. The van der Waals surface area contributed by atoms with Crippen LogP contribution < -0.4 is 5.69 Å². The number of imidazole rings is 1. The Bertz CT molecular complexity index is 1050. The summed E-state index contributed by atoms with van der Waals surface area (Å²) in [5.41, 5.74) is 2.62. The highest BCUT2D eigenvalue weighted by atomic mass is 19.1. The minimum absolute atomic E-state index is 0.183. The zero-order valence-electron chi connectivity index (χ0n) is 13.4. The van der Waals surface area contributed by atoms with E-state index >= 15 is 0 Å². The number of nitrogens with zero attached hydrogens (tertiary/aromatic N) is 2. The summed E-state index contributed by atoms with van der Waals surface area (Å²) in [4.78, 5) is 29.2. The van der Waals surface area contributed by atoms with Crippen molar-refractivity contribution in [2.75, 3.05) is 13.1 Å². The minimum Gasteiger partial charge on any atom is -0.334 e. The zero-order valence-corrected chi connectivity index (χ0v) is 13.4. The molecule has 1 aliphatic rings. The molecule has 0 saturated heterocycles. The van der Waals surface area contributed by atoms with Gasteiger partial charge in [0.15, 0.2) is 0 Å². The predicted octanol–water partition coefficient (Wildman–Crippen LogP) is 2.86. The number of hydrogen-bond acceptors (Lipinski definition) is 2. The third-order valence-corrected chi connectivity index (χ3v) is 4.42. The molecule has 2 heterocycles. The molecule has 1 amide bonds. The normalized spacial score (nSPS) is 14.6. The van der Waals surface area contributed by atoms with Crippen molar-refractivity contribution in [3.8, 4) is 0 Å². The number of nitrogens with one attached hydrogen (secondary N) is 1. The molecule has 4 rings (SSSR count). The van der Waals surface area contributed by atoms with Crippen molar-refractivity contribution in [1.82, 2.24) is 14.5 Å². The first-order valence-electron chi connectivity index (χ1n) is 8.07.